The Morgan fingerprint density at radius 1 is 1.15 bits per heavy atom. The number of nitrogens with one attached hydrogen (secondary N) is 1. The van der Waals surface area contributed by atoms with Crippen molar-refractivity contribution in [3.8, 4) is 5.75 Å². The summed E-state index contributed by atoms with van der Waals surface area (Å²) in [6.07, 6.45) is 6.10. The average molecular weight is 368 g/mol. The van der Waals surface area contributed by atoms with Crippen molar-refractivity contribution in [3.63, 3.8) is 0 Å². The zero-order chi connectivity index (χ0) is 18.8. The number of rotatable bonds is 3. The standard InChI is InChI=1S/C20H24N4O3/c1-27-15-8-6-14(7-9-15)16-12-24-13-17(21-18(24)19(25)22-16)20(26)23-10-4-2-3-5-11-23/h6-9,13,16H,2-5,10-12H2,1H3,(H,22,25). The average Bonchev–Trinajstić information content (AvgIpc) is 2.94. The van der Waals surface area contributed by atoms with Crippen molar-refractivity contribution in [3.05, 3.63) is 47.5 Å². The third kappa shape index (κ3) is 3.54. The monoisotopic (exact) mass is 368 g/mol. The highest BCUT2D eigenvalue weighted by atomic mass is 16.5. The second-order valence-electron chi connectivity index (χ2n) is 7.11. The van der Waals surface area contributed by atoms with Crippen LogP contribution in [0.1, 0.15) is 58.4 Å². The number of hydrogen-bond donors (Lipinski definition) is 1. The molecule has 1 unspecified atom stereocenters. The number of nitrogens with zero attached hydrogens (tertiary/aromatic N) is 3. The Bertz CT molecular complexity index is 835. The summed E-state index contributed by atoms with van der Waals surface area (Å²) in [4.78, 5) is 31.5. The topological polar surface area (TPSA) is 76.5 Å². The first-order valence-corrected chi connectivity index (χ1v) is 9.47. The fraction of sp³-hybridized carbons (Fsp3) is 0.450. The Morgan fingerprint density at radius 3 is 2.52 bits per heavy atom. The highest BCUT2D eigenvalue weighted by molar-refractivity contribution is 5.96. The largest absolute Gasteiger partial charge is 0.497 e. The van der Waals surface area contributed by atoms with Gasteiger partial charge in [0.25, 0.3) is 11.8 Å². The predicted molar refractivity (Wildman–Crippen MR) is 99.8 cm³/mol. The summed E-state index contributed by atoms with van der Waals surface area (Å²) in [6.45, 7) is 2.08. The SMILES string of the molecule is COc1ccc(C2Cn3cc(C(=O)N4CCCCCC4)nc3C(=O)N2)cc1. The fourth-order valence-electron chi connectivity index (χ4n) is 3.77. The van der Waals surface area contributed by atoms with Crippen molar-refractivity contribution in [2.24, 2.45) is 0 Å². The minimum Gasteiger partial charge on any atom is -0.497 e. The van der Waals surface area contributed by atoms with Crippen molar-refractivity contribution in [2.45, 2.75) is 38.3 Å². The number of hydrogen-bond acceptors (Lipinski definition) is 4. The summed E-state index contributed by atoms with van der Waals surface area (Å²) < 4.78 is 6.98. The molecular weight excluding hydrogens is 344 g/mol. The molecule has 4 rings (SSSR count). The van der Waals surface area contributed by atoms with Crippen LogP contribution in [0.15, 0.2) is 30.5 Å². The van der Waals surface area contributed by atoms with Crippen LogP contribution in [0.5, 0.6) is 5.75 Å². The maximum atomic E-state index is 12.8. The van der Waals surface area contributed by atoms with Gasteiger partial charge in [0.05, 0.1) is 13.2 Å². The van der Waals surface area contributed by atoms with Crippen molar-refractivity contribution >= 4 is 11.8 Å². The minimum absolute atomic E-state index is 0.0763. The molecule has 0 radical (unpaired) electrons. The molecule has 0 bridgehead atoms. The molecule has 2 amide bonds. The first-order valence-electron chi connectivity index (χ1n) is 9.47. The van der Waals surface area contributed by atoms with Crippen LogP contribution in [0.25, 0.3) is 0 Å². The van der Waals surface area contributed by atoms with E-state index >= 15 is 0 Å². The molecule has 0 spiro atoms. The fourth-order valence-corrected chi connectivity index (χ4v) is 3.77. The number of imidazole rings is 1. The third-order valence-electron chi connectivity index (χ3n) is 5.29. The van der Waals surface area contributed by atoms with Gasteiger partial charge in [-0.3, -0.25) is 9.59 Å². The van der Waals surface area contributed by atoms with E-state index in [-0.39, 0.29) is 17.9 Å². The maximum absolute atomic E-state index is 12.8. The van der Waals surface area contributed by atoms with Crippen LogP contribution >= 0.6 is 0 Å². The normalized spacial score (nSPS) is 19.8. The van der Waals surface area contributed by atoms with E-state index in [0.717, 1.165) is 50.1 Å². The number of ether oxygens (including phenoxy) is 1. The minimum atomic E-state index is -0.253. The Balaban J connectivity index is 1.54. The van der Waals surface area contributed by atoms with Gasteiger partial charge in [0.15, 0.2) is 5.82 Å². The summed E-state index contributed by atoms with van der Waals surface area (Å²) in [5, 5.41) is 2.98. The maximum Gasteiger partial charge on any atom is 0.287 e. The number of methoxy groups -OCH3 is 1. The molecule has 142 valence electrons. The highest BCUT2D eigenvalue weighted by Gasteiger charge is 2.30. The van der Waals surface area contributed by atoms with Crippen LogP contribution in [0.4, 0.5) is 0 Å². The van der Waals surface area contributed by atoms with E-state index in [1.54, 1.807) is 17.9 Å². The smallest absolute Gasteiger partial charge is 0.287 e. The van der Waals surface area contributed by atoms with E-state index in [2.05, 4.69) is 10.3 Å². The first-order chi connectivity index (χ1) is 13.2. The van der Waals surface area contributed by atoms with Crippen molar-refractivity contribution < 1.29 is 14.3 Å². The number of fused-ring (bicyclic) bond motifs is 1. The number of carbonyl (C=O) groups excluding carboxylic acids is 2. The van der Waals surface area contributed by atoms with Gasteiger partial charge in [0, 0.05) is 25.8 Å². The van der Waals surface area contributed by atoms with Crippen LogP contribution in [-0.2, 0) is 6.54 Å². The van der Waals surface area contributed by atoms with Crippen molar-refractivity contribution in [2.75, 3.05) is 20.2 Å². The quantitative estimate of drug-likeness (QED) is 0.903. The van der Waals surface area contributed by atoms with Gasteiger partial charge in [-0.2, -0.15) is 0 Å². The molecule has 1 saturated heterocycles. The Kier molecular flexibility index (Phi) is 4.83. The summed E-state index contributed by atoms with van der Waals surface area (Å²) in [5.74, 6) is 0.747. The molecule has 27 heavy (non-hydrogen) atoms. The summed E-state index contributed by atoms with van der Waals surface area (Å²) >= 11 is 0. The lowest BCUT2D eigenvalue weighted by atomic mass is 10.1. The summed E-state index contributed by atoms with van der Waals surface area (Å²) in [7, 11) is 1.62. The second kappa shape index (κ2) is 7.42. The lowest BCUT2D eigenvalue weighted by Gasteiger charge is -2.25. The van der Waals surface area contributed by atoms with Gasteiger partial charge in [-0.25, -0.2) is 4.98 Å². The van der Waals surface area contributed by atoms with Crippen LogP contribution < -0.4 is 10.1 Å². The zero-order valence-corrected chi connectivity index (χ0v) is 15.5. The number of likely N-dealkylation sites (tertiary alicyclic amines) is 1. The molecule has 1 aromatic carbocycles. The first kappa shape index (κ1) is 17.6. The van der Waals surface area contributed by atoms with E-state index in [4.69, 9.17) is 4.74 Å². The molecule has 3 heterocycles. The van der Waals surface area contributed by atoms with E-state index in [1.807, 2.05) is 29.2 Å². The van der Waals surface area contributed by atoms with Gasteiger partial charge in [-0.05, 0) is 30.5 Å². The molecular formula is C20H24N4O3. The molecule has 0 saturated carbocycles. The molecule has 0 aliphatic carbocycles. The summed E-state index contributed by atoms with van der Waals surface area (Å²) in [5.41, 5.74) is 1.35. The number of benzene rings is 1. The van der Waals surface area contributed by atoms with E-state index in [9.17, 15) is 9.59 Å². The Labute approximate surface area is 158 Å². The number of amides is 2. The highest BCUT2D eigenvalue weighted by Crippen LogP contribution is 2.24. The predicted octanol–water partition coefficient (Wildman–Crippen LogP) is 2.39. The molecule has 1 aromatic heterocycles. The molecule has 2 aliphatic heterocycles. The van der Waals surface area contributed by atoms with E-state index in [1.165, 1.54) is 0 Å². The molecule has 7 nitrogen and oxygen atoms in total. The number of aromatic nitrogens is 2. The van der Waals surface area contributed by atoms with Gasteiger partial charge in [-0.1, -0.05) is 25.0 Å². The molecule has 2 aliphatic rings. The van der Waals surface area contributed by atoms with Gasteiger partial charge in [0.2, 0.25) is 0 Å². The summed E-state index contributed by atoms with van der Waals surface area (Å²) in [6, 6.07) is 7.47. The van der Waals surface area contributed by atoms with Crippen LogP contribution in [0.2, 0.25) is 0 Å². The van der Waals surface area contributed by atoms with E-state index < -0.39 is 0 Å². The van der Waals surface area contributed by atoms with Gasteiger partial charge in [0.1, 0.15) is 11.4 Å². The molecule has 1 atom stereocenters. The van der Waals surface area contributed by atoms with Crippen LogP contribution in [-0.4, -0.2) is 46.5 Å². The second-order valence-corrected chi connectivity index (χ2v) is 7.11. The molecule has 7 heteroatoms. The molecule has 1 fully saturated rings. The van der Waals surface area contributed by atoms with Crippen LogP contribution in [0, 0.1) is 0 Å². The van der Waals surface area contributed by atoms with Crippen molar-refractivity contribution in [1.29, 1.82) is 0 Å². The Hall–Kier alpha value is -2.83. The van der Waals surface area contributed by atoms with Gasteiger partial charge < -0.3 is 19.5 Å². The third-order valence-corrected chi connectivity index (χ3v) is 5.29. The van der Waals surface area contributed by atoms with Crippen molar-refractivity contribution in [1.82, 2.24) is 19.8 Å². The lowest BCUT2D eigenvalue weighted by molar-refractivity contribution is 0.0756. The number of carbonyl (C=O) groups is 2. The Morgan fingerprint density at radius 2 is 1.85 bits per heavy atom. The lowest BCUT2D eigenvalue weighted by Crippen LogP contribution is -2.38. The van der Waals surface area contributed by atoms with Gasteiger partial charge in [-0.15, -0.1) is 0 Å². The molecule has 2 aromatic rings. The van der Waals surface area contributed by atoms with Gasteiger partial charge >= 0.3 is 0 Å². The van der Waals surface area contributed by atoms with E-state index in [0.29, 0.717) is 18.1 Å². The zero-order valence-electron chi connectivity index (χ0n) is 15.5. The van der Waals surface area contributed by atoms with Crippen LogP contribution in [0.3, 0.4) is 0 Å². The molecule has 1 N–H and O–H groups in total.